The van der Waals surface area contributed by atoms with Crippen molar-refractivity contribution in [2.45, 2.75) is 0 Å². The highest BCUT2D eigenvalue weighted by Crippen LogP contribution is 2.52. The molecular formula is C53H32N10O2. The van der Waals surface area contributed by atoms with E-state index in [1.54, 1.807) is 6.20 Å². The van der Waals surface area contributed by atoms with Crippen molar-refractivity contribution < 1.29 is 10.2 Å². The molecule has 12 nitrogen and oxygen atoms in total. The van der Waals surface area contributed by atoms with Crippen LogP contribution in [0.5, 0.6) is 0 Å². The molecule has 0 radical (unpaired) electrons. The number of allylic oxidation sites excluding steroid dienone is 8. The zero-order chi connectivity index (χ0) is 42.9. The second kappa shape index (κ2) is 13.2. The maximum absolute atomic E-state index is 11.9. The molecule has 2 aliphatic heterocycles. The zero-order valence-electron chi connectivity index (χ0n) is 34.1. The molecule has 9 aromatic rings. The van der Waals surface area contributed by atoms with E-state index in [9.17, 15) is 10.2 Å². The number of hydrogen-bond acceptors (Lipinski definition) is 12. The molecule has 5 heterocycles. The Morgan fingerprint density at radius 3 is 2.08 bits per heavy atom. The quantitative estimate of drug-likeness (QED) is 0.115. The minimum atomic E-state index is -0.306. The molecule has 14 rings (SSSR count). The lowest BCUT2D eigenvalue weighted by molar-refractivity contribution is 0.346. The lowest BCUT2D eigenvalue weighted by atomic mass is 9.69. The van der Waals surface area contributed by atoms with Crippen LogP contribution in [0, 0.1) is 11.8 Å². The van der Waals surface area contributed by atoms with Gasteiger partial charge in [0.15, 0.2) is 23.3 Å². The van der Waals surface area contributed by atoms with Crippen molar-refractivity contribution in [3.05, 3.63) is 203 Å². The molecule has 0 bridgehead atoms. The second-order valence-electron chi connectivity index (χ2n) is 16.6. The fourth-order valence-corrected chi connectivity index (χ4v) is 10.1. The predicted molar refractivity (Wildman–Crippen MR) is 253 cm³/mol. The maximum Gasteiger partial charge on any atom is 0.198 e. The van der Waals surface area contributed by atoms with E-state index < -0.39 is 0 Å². The largest absolute Gasteiger partial charge is 0.507 e. The van der Waals surface area contributed by atoms with E-state index in [-0.39, 0.29) is 23.4 Å². The number of aromatic nitrogens is 6. The molecule has 0 fully saturated rings. The molecule has 2 unspecified atom stereocenters. The summed E-state index contributed by atoms with van der Waals surface area (Å²) in [5.41, 5.74) is 9.49. The van der Waals surface area contributed by atoms with Gasteiger partial charge in [-0.2, -0.15) is 0 Å². The lowest BCUT2D eigenvalue weighted by Gasteiger charge is -2.40. The van der Waals surface area contributed by atoms with Crippen molar-refractivity contribution in [3.8, 4) is 11.6 Å². The number of anilines is 1. The van der Waals surface area contributed by atoms with Crippen LogP contribution in [-0.2, 0) is 0 Å². The van der Waals surface area contributed by atoms with Gasteiger partial charge in [-0.05, 0) is 71.0 Å². The first-order valence-corrected chi connectivity index (χ1v) is 21.3. The summed E-state index contributed by atoms with van der Waals surface area (Å²) in [6, 6.07) is 35.7. The summed E-state index contributed by atoms with van der Waals surface area (Å²) in [5, 5.41) is 41.3. The van der Waals surface area contributed by atoms with Crippen molar-refractivity contribution in [2.75, 3.05) is 5.32 Å². The Labute approximate surface area is 368 Å². The fraction of sp³-hybridized carbons (Fsp3) is 0.0377. The molecule has 0 spiro atoms. The lowest BCUT2D eigenvalue weighted by Crippen LogP contribution is -2.41. The van der Waals surface area contributed by atoms with Gasteiger partial charge in [0.25, 0.3) is 0 Å². The Morgan fingerprint density at radius 2 is 1.25 bits per heavy atom. The molecule has 12 heteroatoms. The molecule has 65 heavy (non-hydrogen) atoms. The first kappa shape index (κ1) is 35.6. The number of para-hydroxylation sites is 2. The summed E-state index contributed by atoms with van der Waals surface area (Å²) < 4.78 is 0. The van der Waals surface area contributed by atoms with Gasteiger partial charge in [0.05, 0.1) is 33.3 Å². The van der Waals surface area contributed by atoms with E-state index in [2.05, 4.69) is 62.4 Å². The molecule has 2 atom stereocenters. The van der Waals surface area contributed by atoms with Crippen LogP contribution in [0.25, 0.3) is 77.4 Å². The van der Waals surface area contributed by atoms with Gasteiger partial charge in [0.2, 0.25) is 0 Å². The van der Waals surface area contributed by atoms with Crippen LogP contribution in [0.1, 0.15) is 11.4 Å². The minimum absolute atomic E-state index is 0.0834. The van der Waals surface area contributed by atoms with Crippen LogP contribution in [0.15, 0.2) is 191 Å². The molecule has 306 valence electrons. The van der Waals surface area contributed by atoms with Gasteiger partial charge < -0.3 is 26.2 Å². The van der Waals surface area contributed by atoms with Gasteiger partial charge in [0, 0.05) is 79.2 Å². The second-order valence-corrected chi connectivity index (χ2v) is 16.6. The van der Waals surface area contributed by atoms with Gasteiger partial charge in [-0.3, -0.25) is 0 Å². The average molecular weight is 841 g/mol. The Bertz CT molecular complexity index is 3950. The minimum Gasteiger partial charge on any atom is -0.507 e. The van der Waals surface area contributed by atoms with Crippen LogP contribution >= 0.6 is 0 Å². The summed E-state index contributed by atoms with van der Waals surface area (Å²) in [7, 11) is 0. The van der Waals surface area contributed by atoms with E-state index in [1.165, 1.54) is 0 Å². The third-order valence-corrected chi connectivity index (χ3v) is 13.1. The highest BCUT2D eigenvalue weighted by Gasteiger charge is 2.43. The molecule has 0 amide bonds. The Morgan fingerprint density at radius 1 is 0.538 bits per heavy atom. The van der Waals surface area contributed by atoms with Gasteiger partial charge >= 0.3 is 0 Å². The molecule has 3 aliphatic carbocycles. The zero-order valence-corrected chi connectivity index (χ0v) is 34.1. The first-order chi connectivity index (χ1) is 32.0. The van der Waals surface area contributed by atoms with Gasteiger partial charge in [0.1, 0.15) is 17.3 Å². The molecule has 0 saturated carbocycles. The third kappa shape index (κ3) is 5.22. The van der Waals surface area contributed by atoms with E-state index in [0.29, 0.717) is 34.5 Å². The Kier molecular flexibility index (Phi) is 7.24. The molecule has 5 N–H and O–H groups in total. The van der Waals surface area contributed by atoms with Crippen molar-refractivity contribution in [1.82, 2.24) is 40.5 Å². The maximum atomic E-state index is 11.9. The monoisotopic (exact) mass is 840 g/mol. The topological polar surface area (TPSA) is 166 Å². The SMILES string of the molecule is OC1=C(c2ccc3c4c(cccc24)NC(c2ncc4ccccc4n2)=N3)C(O)=C1C1C=CC2=C3C(=CC=CC31)NC(=c1ccc3nc(-c4ncc5ccccc5n4)nc4cccc1c43)N2. The number of aliphatic hydroxyl groups excluding tert-OH is 2. The van der Waals surface area contributed by atoms with Crippen LogP contribution in [0.2, 0.25) is 0 Å². The predicted octanol–water partition coefficient (Wildman–Crippen LogP) is 9.28. The van der Waals surface area contributed by atoms with Crippen molar-refractivity contribution >= 4 is 83.0 Å². The molecule has 6 aromatic carbocycles. The van der Waals surface area contributed by atoms with E-state index in [4.69, 9.17) is 24.9 Å². The average Bonchev–Trinajstić information content (AvgIpc) is 3.35. The van der Waals surface area contributed by atoms with E-state index >= 15 is 0 Å². The molecule has 5 aliphatic rings. The van der Waals surface area contributed by atoms with E-state index in [0.717, 1.165) is 99.3 Å². The number of nitrogens with one attached hydrogen (secondary N) is 3. The summed E-state index contributed by atoms with van der Waals surface area (Å²) >= 11 is 0. The van der Waals surface area contributed by atoms with Gasteiger partial charge in [-0.25, -0.2) is 34.9 Å². The number of aliphatic imine (C=N–C) groups is 1. The molecule has 0 saturated heterocycles. The fourth-order valence-electron chi connectivity index (χ4n) is 10.1. The third-order valence-electron chi connectivity index (χ3n) is 13.1. The number of hydrogen-bond donors (Lipinski definition) is 5. The summed E-state index contributed by atoms with van der Waals surface area (Å²) in [6.45, 7) is 0. The van der Waals surface area contributed by atoms with Crippen LogP contribution in [0.3, 0.4) is 0 Å². The smallest absolute Gasteiger partial charge is 0.198 e. The van der Waals surface area contributed by atoms with Crippen LogP contribution in [0.4, 0.5) is 11.4 Å². The van der Waals surface area contributed by atoms with Crippen molar-refractivity contribution in [2.24, 2.45) is 16.8 Å². The highest BCUT2D eigenvalue weighted by atomic mass is 16.3. The molecule has 3 aromatic heterocycles. The number of aliphatic hydroxyl groups is 2. The summed E-state index contributed by atoms with van der Waals surface area (Å²) in [5.74, 6) is 2.55. The first-order valence-electron chi connectivity index (χ1n) is 21.3. The van der Waals surface area contributed by atoms with E-state index in [1.807, 2.05) is 109 Å². The number of amidine groups is 1. The van der Waals surface area contributed by atoms with Crippen molar-refractivity contribution in [1.29, 1.82) is 0 Å². The van der Waals surface area contributed by atoms with Crippen molar-refractivity contribution in [3.63, 3.8) is 0 Å². The number of rotatable bonds is 4. The highest BCUT2D eigenvalue weighted by molar-refractivity contribution is 6.20. The van der Waals surface area contributed by atoms with Crippen LogP contribution < -0.4 is 21.2 Å². The van der Waals surface area contributed by atoms with Gasteiger partial charge in [-0.15, -0.1) is 0 Å². The van der Waals surface area contributed by atoms with Crippen LogP contribution in [-0.4, -0.2) is 46.0 Å². The normalized spacial score (nSPS) is 19.3. The standard InChI is InChI=1S/C53H32N10O2/c64-47-45(48(65)46(47)32-19-22-40-43-29(32)11-6-16-37(43)60-52(62-40)50-54-24-26-8-1-3-13-34(26)56-50)31-18-21-39-42-28(31)10-5-15-36(42)58-49(59-39)33-20-23-41-44-30(33)12-7-17-38(44)61-53(63-41)51-55-25-27-9-2-4-14-35(27)57-51/h1-25,28,31,58-59,64-65H,(H,60,62). The molecular weight excluding hydrogens is 809 g/mol. The number of fused-ring (bicyclic) bond motifs is 2. The summed E-state index contributed by atoms with van der Waals surface area (Å²) in [4.78, 5) is 33.5. The van der Waals surface area contributed by atoms with Gasteiger partial charge in [-0.1, -0.05) is 85.0 Å². The summed E-state index contributed by atoms with van der Waals surface area (Å²) in [6.07, 6.45) is 14.0. The number of benzene rings is 6. The number of nitrogens with zero attached hydrogens (tertiary/aromatic N) is 7. The Balaban J connectivity index is 0.784. The Hall–Kier alpha value is -9.03.